The molecule has 1 N–H and O–H groups in total. The minimum absolute atomic E-state index is 0.182. The number of ether oxygens (including phenoxy) is 2. The van der Waals surface area contributed by atoms with Crippen LogP contribution in [-0.4, -0.2) is 38.1 Å². The van der Waals surface area contributed by atoms with Crippen LogP contribution < -0.4 is 4.90 Å². The van der Waals surface area contributed by atoms with Gasteiger partial charge in [0.05, 0.1) is 19.7 Å². The molecule has 2 aliphatic heterocycles. The molecule has 120 valence electrons. The maximum absolute atomic E-state index is 6.50. The van der Waals surface area contributed by atoms with E-state index < -0.39 is 0 Å². The molecule has 4 atom stereocenters. The third-order valence-corrected chi connectivity index (χ3v) is 6.53. The van der Waals surface area contributed by atoms with Crippen molar-refractivity contribution in [2.75, 3.05) is 26.2 Å². The van der Waals surface area contributed by atoms with E-state index in [4.69, 9.17) is 9.47 Å². The normalized spacial score (nSPS) is 44.9. The Balaban J connectivity index is 1.32. The van der Waals surface area contributed by atoms with Gasteiger partial charge in [-0.2, -0.15) is 0 Å². The molecule has 0 aromatic rings. The molecule has 1 spiro atoms. The summed E-state index contributed by atoms with van der Waals surface area (Å²) in [5.41, 5.74) is 0. The minimum atomic E-state index is -0.182. The molecule has 3 nitrogen and oxygen atoms in total. The fraction of sp³-hybridized carbons (Fsp3) is 1.00. The zero-order valence-corrected chi connectivity index (χ0v) is 13.4. The molecule has 21 heavy (non-hydrogen) atoms. The summed E-state index contributed by atoms with van der Waals surface area (Å²) in [5.74, 6) is 1.68. The highest BCUT2D eigenvalue weighted by atomic mass is 16.7. The number of hydrogen-bond donors (Lipinski definition) is 1. The van der Waals surface area contributed by atoms with Crippen LogP contribution in [0.4, 0.5) is 0 Å². The second-order valence-electron chi connectivity index (χ2n) is 8.02. The van der Waals surface area contributed by atoms with Crippen LogP contribution in [0.5, 0.6) is 0 Å². The molecule has 0 bridgehead atoms. The number of likely N-dealkylation sites (tertiary alicyclic amines) is 1. The second-order valence-corrected chi connectivity index (χ2v) is 8.02. The molecule has 0 unspecified atom stereocenters. The Kier molecular flexibility index (Phi) is 4.25. The first-order valence-electron chi connectivity index (χ1n) is 9.48. The molecule has 0 aromatic carbocycles. The number of nitrogens with one attached hydrogen (secondary N) is 1. The van der Waals surface area contributed by atoms with Crippen molar-refractivity contribution in [3.63, 3.8) is 0 Å². The molecule has 4 aliphatic rings. The Hall–Kier alpha value is -0.120. The lowest BCUT2D eigenvalue weighted by atomic mass is 9.69. The van der Waals surface area contributed by atoms with Crippen LogP contribution in [0.15, 0.2) is 0 Å². The van der Waals surface area contributed by atoms with Gasteiger partial charge < -0.3 is 14.4 Å². The van der Waals surface area contributed by atoms with Crippen LogP contribution in [0.1, 0.15) is 64.2 Å². The van der Waals surface area contributed by atoms with E-state index in [1.807, 2.05) is 0 Å². The van der Waals surface area contributed by atoms with Gasteiger partial charge >= 0.3 is 0 Å². The molecule has 2 aliphatic carbocycles. The van der Waals surface area contributed by atoms with Crippen molar-refractivity contribution in [2.24, 2.45) is 11.8 Å². The zero-order chi connectivity index (χ0) is 14.1. The Morgan fingerprint density at radius 3 is 2.57 bits per heavy atom. The molecule has 0 radical (unpaired) electrons. The van der Waals surface area contributed by atoms with Crippen molar-refractivity contribution >= 4 is 0 Å². The van der Waals surface area contributed by atoms with Crippen LogP contribution in [0.2, 0.25) is 0 Å². The predicted molar refractivity (Wildman–Crippen MR) is 82.3 cm³/mol. The van der Waals surface area contributed by atoms with Gasteiger partial charge in [0.25, 0.3) is 0 Å². The molecule has 4 rings (SSSR count). The number of fused-ring (bicyclic) bond motifs is 1. The van der Waals surface area contributed by atoms with Gasteiger partial charge in [-0.1, -0.05) is 19.3 Å². The lowest BCUT2D eigenvalue weighted by molar-refractivity contribution is -0.907. The van der Waals surface area contributed by atoms with E-state index in [2.05, 4.69) is 0 Å². The molecule has 3 heteroatoms. The fourth-order valence-corrected chi connectivity index (χ4v) is 5.37. The molecule has 0 aromatic heterocycles. The molecule has 2 saturated heterocycles. The minimum Gasteiger partial charge on any atom is -0.347 e. The number of hydrogen-bond acceptors (Lipinski definition) is 2. The maximum atomic E-state index is 6.50. The van der Waals surface area contributed by atoms with Crippen molar-refractivity contribution in [3.8, 4) is 0 Å². The zero-order valence-electron chi connectivity index (χ0n) is 13.4. The highest BCUT2D eigenvalue weighted by Crippen LogP contribution is 2.48. The lowest BCUT2D eigenvalue weighted by Gasteiger charge is -2.43. The van der Waals surface area contributed by atoms with Crippen molar-refractivity contribution in [3.05, 3.63) is 0 Å². The van der Waals surface area contributed by atoms with Gasteiger partial charge in [0.2, 0.25) is 0 Å². The smallest absolute Gasteiger partial charge is 0.169 e. The number of quaternary nitrogens is 1. The van der Waals surface area contributed by atoms with E-state index in [1.54, 1.807) is 4.90 Å². The molecular weight excluding hydrogens is 262 g/mol. The largest absolute Gasteiger partial charge is 0.347 e. The summed E-state index contributed by atoms with van der Waals surface area (Å²) < 4.78 is 12.7. The average Bonchev–Trinajstić information content (AvgIpc) is 2.90. The van der Waals surface area contributed by atoms with Crippen LogP contribution in [0.3, 0.4) is 0 Å². The number of piperidine rings is 1. The molecule has 2 heterocycles. The molecule has 2 saturated carbocycles. The topological polar surface area (TPSA) is 22.9 Å². The summed E-state index contributed by atoms with van der Waals surface area (Å²) in [6, 6.07) is 0. The van der Waals surface area contributed by atoms with Gasteiger partial charge in [-0.15, -0.1) is 0 Å². The summed E-state index contributed by atoms with van der Waals surface area (Å²) in [6.45, 7) is 4.71. The highest BCUT2D eigenvalue weighted by molar-refractivity contribution is 4.91. The molecule has 0 amide bonds. The predicted octanol–water partition coefficient (Wildman–Crippen LogP) is 2.16. The molecular formula is C18H32NO2+. The first kappa shape index (κ1) is 14.5. The quantitative estimate of drug-likeness (QED) is 0.843. The number of rotatable bonds is 2. The van der Waals surface area contributed by atoms with Gasteiger partial charge in [0.15, 0.2) is 5.79 Å². The van der Waals surface area contributed by atoms with Gasteiger partial charge in [-0.25, -0.2) is 0 Å². The van der Waals surface area contributed by atoms with E-state index in [-0.39, 0.29) is 5.79 Å². The van der Waals surface area contributed by atoms with Crippen molar-refractivity contribution in [1.82, 2.24) is 0 Å². The first-order chi connectivity index (χ1) is 10.3. The van der Waals surface area contributed by atoms with Crippen LogP contribution >= 0.6 is 0 Å². The fourth-order valence-electron chi connectivity index (χ4n) is 5.37. The summed E-state index contributed by atoms with van der Waals surface area (Å²) in [4.78, 5) is 1.75. The van der Waals surface area contributed by atoms with Gasteiger partial charge in [0, 0.05) is 12.8 Å². The van der Waals surface area contributed by atoms with Crippen LogP contribution in [0, 0.1) is 11.8 Å². The van der Waals surface area contributed by atoms with E-state index in [1.165, 1.54) is 77.4 Å². The Morgan fingerprint density at radius 1 is 0.905 bits per heavy atom. The standard InChI is InChI=1S/C18H31NO2/c1-4-10-19(11-5-1)13-17-14-20-18(21-17)9-8-15-6-2-3-7-16(15)12-18/h15-17H,1-14H2/p+1/t15-,16+,17-,18+/m0/s1. The maximum Gasteiger partial charge on any atom is 0.169 e. The van der Waals surface area contributed by atoms with Crippen molar-refractivity contribution in [1.29, 1.82) is 0 Å². The summed E-state index contributed by atoms with van der Waals surface area (Å²) >= 11 is 0. The first-order valence-corrected chi connectivity index (χ1v) is 9.48. The van der Waals surface area contributed by atoms with Gasteiger partial charge in [0.1, 0.15) is 12.6 Å². The van der Waals surface area contributed by atoms with Gasteiger partial charge in [-0.05, 0) is 43.9 Å². The Labute approximate surface area is 129 Å². The Bertz CT molecular complexity index is 355. The third kappa shape index (κ3) is 3.16. The van der Waals surface area contributed by atoms with Crippen molar-refractivity contribution in [2.45, 2.75) is 76.1 Å². The second kappa shape index (κ2) is 6.17. The summed E-state index contributed by atoms with van der Waals surface area (Å²) in [7, 11) is 0. The average molecular weight is 294 g/mol. The van der Waals surface area contributed by atoms with E-state index >= 15 is 0 Å². The summed E-state index contributed by atoms with van der Waals surface area (Å²) in [5, 5.41) is 0. The van der Waals surface area contributed by atoms with E-state index in [0.29, 0.717) is 6.10 Å². The van der Waals surface area contributed by atoms with E-state index in [9.17, 15) is 0 Å². The van der Waals surface area contributed by atoms with Crippen LogP contribution in [-0.2, 0) is 9.47 Å². The lowest BCUT2D eigenvalue weighted by Crippen LogP contribution is -3.13. The summed E-state index contributed by atoms with van der Waals surface area (Å²) in [6.07, 6.45) is 14.0. The Morgan fingerprint density at radius 2 is 1.71 bits per heavy atom. The monoisotopic (exact) mass is 294 g/mol. The highest BCUT2D eigenvalue weighted by Gasteiger charge is 2.48. The van der Waals surface area contributed by atoms with E-state index in [0.717, 1.165) is 24.9 Å². The van der Waals surface area contributed by atoms with Crippen molar-refractivity contribution < 1.29 is 14.4 Å². The SMILES string of the molecule is C1CC[NH+](C[C@H]2CO[C@]3(CC[C@@H]4CCCC[C@@H]4C3)O2)CC1. The van der Waals surface area contributed by atoms with Crippen LogP contribution in [0.25, 0.3) is 0 Å². The third-order valence-electron chi connectivity index (χ3n) is 6.53. The van der Waals surface area contributed by atoms with Gasteiger partial charge in [-0.3, -0.25) is 0 Å². The molecule has 4 fully saturated rings.